The van der Waals surface area contributed by atoms with Crippen LogP contribution in [0.3, 0.4) is 0 Å². The van der Waals surface area contributed by atoms with E-state index < -0.39 is 61.8 Å². The van der Waals surface area contributed by atoms with E-state index in [0.717, 1.165) is 37.1 Å². The van der Waals surface area contributed by atoms with Crippen molar-refractivity contribution in [1.29, 1.82) is 0 Å². The van der Waals surface area contributed by atoms with Gasteiger partial charge in [-0.1, -0.05) is 24.3 Å². The zero-order valence-electron chi connectivity index (χ0n) is 38.7. The number of hydrogen-bond donors (Lipinski definition) is 6. The zero-order chi connectivity index (χ0) is 47.9. The molecule has 2 aromatic heterocycles. The van der Waals surface area contributed by atoms with Crippen LogP contribution >= 0.6 is 0 Å². The number of anilines is 8. The molecule has 6 N–H and O–H groups in total. The van der Waals surface area contributed by atoms with Crippen molar-refractivity contribution in [3.63, 3.8) is 0 Å². The molecule has 4 heterocycles. The minimum Gasteiger partial charge on any atom is -0.748 e. The molecule has 0 radical (unpaired) electrons. The molecule has 2 aromatic carbocycles. The first-order chi connectivity index (χ1) is 31.0. The van der Waals surface area contributed by atoms with E-state index in [1.807, 2.05) is 0 Å². The third kappa shape index (κ3) is 21.5. The van der Waals surface area contributed by atoms with Crippen LogP contribution in [0, 0.1) is 11.8 Å². The molecule has 2 fully saturated rings. The maximum Gasteiger partial charge on any atom is 1.00 e. The molecule has 2 aliphatic heterocycles. The maximum atomic E-state index is 12.6. The van der Waals surface area contributed by atoms with E-state index in [-0.39, 0.29) is 302 Å². The average molecular weight is 1150 g/mol. The second-order valence-corrected chi connectivity index (χ2v) is 21.0. The van der Waals surface area contributed by atoms with Crippen LogP contribution in [0.5, 0.6) is 0 Å². The first kappa shape index (κ1) is 67.2. The van der Waals surface area contributed by atoms with Gasteiger partial charge in [0.15, 0.2) is 0 Å². The van der Waals surface area contributed by atoms with Crippen LogP contribution < -0.4 is 237 Å². The maximum absolute atomic E-state index is 12.6. The van der Waals surface area contributed by atoms with Gasteiger partial charge in [-0.2, -0.15) is 29.9 Å². The average Bonchev–Trinajstić information content (AvgIpc) is 3.24. The van der Waals surface area contributed by atoms with Crippen molar-refractivity contribution in [2.75, 3.05) is 95.1 Å². The summed E-state index contributed by atoms with van der Waals surface area (Å²) in [5.74, 6) is -2.15. The van der Waals surface area contributed by atoms with Gasteiger partial charge in [0.1, 0.15) is 20.2 Å². The SMILES string of the molecule is O=S(=O)([O-])CCNc1nc(Nc2ccc(C=Cc3ccc(Nc4nc(NCCS(=O)(=O)[O-])nc(N5CCCC(CO)C5)n4)cc3S(=O)(=O)[O-])c(S(=O)(=O)[O-])c2)nc(N2CCCC(CO)C2)n1.[K+].[K+].[K+].[K+]. The number of rotatable bonds is 20. The number of nitrogens with zero attached hydrogens (tertiary/aromatic N) is 8. The van der Waals surface area contributed by atoms with E-state index in [4.69, 9.17) is 0 Å². The van der Waals surface area contributed by atoms with E-state index in [1.54, 1.807) is 9.80 Å². The molecule has 6 rings (SSSR count). The van der Waals surface area contributed by atoms with Crippen molar-refractivity contribution in [1.82, 2.24) is 29.9 Å². The van der Waals surface area contributed by atoms with Gasteiger partial charge in [0.2, 0.25) is 35.7 Å². The predicted molar refractivity (Wildman–Crippen MR) is 234 cm³/mol. The van der Waals surface area contributed by atoms with E-state index in [9.17, 15) is 62.1 Å². The fourth-order valence-electron chi connectivity index (χ4n) is 7.02. The first-order valence-corrected chi connectivity index (χ1v) is 26.0. The fraction of sp³-hybridized carbons (Fsp3) is 0.444. The number of piperidine rings is 2. The summed E-state index contributed by atoms with van der Waals surface area (Å²) in [5, 5.41) is 30.3. The number of hydrogen-bond acceptors (Lipinski definition) is 26. The van der Waals surface area contributed by atoms with Gasteiger partial charge in [0.05, 0.1) is 41.5 Å². The van der Waals surface area contributed by atoms with Gasteiger partial charge < -0.3 is 59.5 Å². The van der Waals surface area contributed by atoms with Gasteiger partial charge in [-0.25, -0.2) is 33.7 Å². The van der Waals surface area contributed by atoms with Gasteiger partial charge in [0.25, 0.3) is 0 Å². The van der Waals surface area contributed by atoms with Crippen LogP contribution in [0.2, 0.25) is 0 Å². The summed E-state index contributed by atoms with van der Waals surface area (Å²) in [6, 6.07) is 7.03. The molecule has 360 valence electrons. The molecule has 4 aromatic rings. The number of aliphatic hydroxyl groups is 2. The van der Waals surface area contributed by atoms with E-state index in [2.05, 4.69) is 51.2 Å². The summed E-state index contributed by atoms with van der Waals surface area (Å²) in [6.45, 7) is 0.840. The second kappa shape index (κ2) is 30.3. The molecule has 34 heteroatoms. The molecule has 0 aliphatic carbocycles. The molecular formula is C36H44K4N12O14S4. The van der Waals surface area contributed by atoms with Gasteiger partial charge >= 0.3 is 206 Å². The normalized spacial score (nSPS) is 16.5. The van der Waals surface area contributed by atoms with Gasteiger partial charge in [0, 0.05) is 63.9 Å². The fourth-order valence-corrected chi connectivity index (χ4v) is 9.12. The minimum absolute atomic E-state index is 0. The summed E-state index contributed by atoms with van der Waals surface area (Å²) < 4.78 is 143. The van der Waals surface area contributed by atoms with Gasteiger partial charge in [-0.15, -0.1) is 0 Å². The summed E-state index contributed by atoms with van der Waals surface area (Å²) in [7, 11) is -19.7. The standard InChI is InChI=1S/C36H48N12O14S4.4K/c49-21-23-3-1-13-47(19-23)35-43-31(37-11-15-63(51,52)53)41-33(45-35)39-27-9-7-25(29(17-27)65(57,58)59)5-6-26-8-10-28(18-30(26)66(60,61)62)40-34-42-32(38-12-16-64(54,55)56)44-36(46-34)48-14-2-4-24(20-48)22-50;;;;/h5-10,17-18,23-24,49-50H,1-4,11-16,19-22H2,(H,51,52,53)(H,54,55,56)(H,57,58,59)(H,60,61,62)(H2,37,39,41,43,45)(H2,38,40,42,44,46);;;;/q;4*+1/p-4. The molecule has 2 saturated heterocycles. The Morgan fingerprint density at radius 2 is 0.914 bits per heavy atom. The molecule has 2 unspecified atom stereocenters. The second-order valence-electron chi connectivity index (χ2n) is 15.2. The molecular weight excluding hydrogens is 1110 g/mol. The molecule has 70 heavy (non-hydrogen) atoms. The summed E-state index contributed by atoms with van der Waals surface area (Å²) in [5.41, 5.74) is -0.449. The van der Waals surface area contributed by atoms with Crippen LogP contribution in [0.15, 0.2) is 46.2 Å². The van der Waals surface area contributed by atoms with Crippen LogP contribution in [-0.2, 0) is 40.5 Å². The van der Waals surface area contributed by atoms with Crippen molar-refractivity contribution in [3.05, 3.63) is 47.5 Å². The Labute approximate surface area is 575 Å². The number of aliphatic hydroxyl groups excluding tert-OH is 2. The van der Waals surface area contributed by atoms with E-state index >= 15 is 0 Å². The molecule has 0 spiro atoms. The quantitative estimate of drug-likeness (QED) is 0.0272. The Bertz CT molecular complexity index is 2710. The Balaban J connectivity index is 0.00000420. The third-order valence-electron chi connectivity index (χ3n) is 10.2. The zero-order valence-corrected chi connectivity index (χ0v) is 54.4. The topological polar surface area (TPSA) is 401 Å². The van der Waals surface area contributed by atoms with Crippen molar-refractivity contribution in [2.24, 2.45) is 11.8 Å². The molecule has 2 aliphatic rings. The van der Waals surface area contributed by atoms with Gasteiger partial charge in [-0.3, -0.25) is 0 Å². The molecule has 0 saturated carbocycles. The van der Waals surface area contributed by atoms with E-state index in [1.165, 1.54) is 24.3 Å². The number of nitrogens with one attached hydrogen (secondary N) is 4. The van der Waals surface area contributed by atoms with Crippen LogP contribution in [0.1, 0.15) is 36.8 Å². The Hall–Kier alpha value is 1.11. The van der Waals surface area contributed by atoms with Crippen molar-refractivity contribution in [2.45, 2.75) is 35.5 Å². The minimum atomic E-state index is -5.23. The smallest absolute Gasteiger partial charge is 0.748 e. The Morgan fingerprint density at radius 3 is 1.24 bits per heavy atom. The number of benzene rings is 2. The van der Waals surface area contributed by atoms with Gasteiger partial charge in [-0.05, 0) is 72.9 Å². The molecule has 2 atom stereocenters. The van der Waals surface area contributed by atoms with Crippen LogP contribution in [0.4, 0.5) is 47.1 Å². The Kier molecular flexibility index (Phi) is 29.1. The Morgan fingerprint density at radius 1 is 0.557 bits per heavy atom. The summed E-state index contributed by atoms with van der Waals surface area (Å²) in [6.07, 6.45) is 5.08. The largest absolute Gasteiger partial charge is 1.00 e. The summed E-state index contributed by atoms with van der Waals surface area (Å²) >= 11 is 0. The third-order valence-corrected chi connectivity index (χ3v) is 13.4. The first-order valence-electron chi connectivity index (χ1n) is 20.1. The number of aromatic nitrogens is 6. The summed E-state index contributed by atoms with van der Waals surface area (Å²) in [4.78, 5) is 27.8. The van der Waals surface area contributed by atoms with Crippen molar-refractivity contribution >= 4 is 99.7 Å². The van der Waals surface area contributed by atoms with E-state index in [0.29, 0.717) is 39.0 Å². The molecule has 0 bridgehead atoms. The molecule has 0 amide bonds. The van der Waals surface area contributed by atoms with Crippen LogP contribution in [0.25, 0.3) is 12.2 Å². The molecule has 26 nitrogen and oxygen atoms in total. The monoisotopic (exact) mass is 1150 g/mol. The van der Waals surface area contributed by atoms with Crippen LogP contribution in [-0.4, -0.2) is 156 Å². The van der Waals surface area contributed by atoms with Crippen molar-refractivity contribution < 1.29 is 268 Å². The predicted octanol–water partition coefficient (Wildman–Crippen LogP) is -12.1. The van der Waals surface area contributed by atoms with Crippen molar-refractivity contribution in [3.8, 4) is 0 Å².